The topological polar surface area (TPSA) is 40.6 Å². The van der Waals surface area contributed by atoms with E-state index in [-0.39, 0.29) is 12.6 Å². The highest BCUT2D eigenvalue weighted by molar-refractivity contribution is 9.10. The van der Waals surface area contributed by atoms with Crippen LogP contribution in [-0.2, 0) is 4.79 Å². The van der Waals surface area contributed by atoms with Crippen molar-refractivity contribution in [2.45, 2.75) is 6.42 Å². The van der Waals surface area contributed by atoms with E-state index >= 15 is 0 Å². The molecule has 0 unspecified atom stereocenters. The quantitative estimate of drug-likeness (QED) is 0.803. The van der Waals surface area contributed by atoms with Gasteiger partial charge in [-0.05, 0) is 24.6 Å². The Balaban J connectivity index is 2.20. The molecule has 0 aromatic heterocycles. The van der Waals surface area contributed by atoms with Crippen LogP contribution >= 0.6 is 15.9 Å². The summed E-state index contributed by atoms with van der Waals surface area (Å²) in [4.78, 5) is 25.9. The highest BCUT2D eigenvalue weighted by Crippen LogP contribution is 2.23. The van der Waals surface area contributed by atoms with Crippen LogP contribution in [0.2, 0.25) is 0 Å². The lowest BCUT2D eigenvalue weighted by Crippen LogP contribution is -2.50. The summed E-state index contributed by atoms with van der Waals surface area (Å²) >= 11 is 3.39. The second-order valence-electron chi connectivity index (χ2n) is 3.88. The first-order valence-corrected chi connectivity index (χ1v) is 6.27. The zero-order valence-corrected chi connectivity index (χ0v) is 10.9. The Morgan fingerprint density at radius 2 is 2.18 bits per heavy atom. The number of rotatable bonds is 3. The highest BCUT2D eigenvalue weighted by Gasteiger charge is 2.26. The van der Waals surface area contributed by atoms with Crippen LogP contribution in [0.15, 0.2) is 28.7 Å². The van der Waals surface area contributed by atoms with Gasteiger partial charge in [0.25, 0.3) is 0 Å². The van der Waals surface area contributed by atoms with Gasteiger partial charge in [-0.1, -0.05) is 22.0 Å². The minimum Gasteiger partial charge on any atom is -0.317 e. The fourth-order valence-electron chi connectivity index (χ4n) is 1.92. The number of aldehydes is 1. The van der Waals surface area contributed by atoms with Gasteiger partial charge in [0, 0.05) is 23.2 Å². The summed E-state index contributed by atoms with van der Waals surface area (Å²) in [5.41, 5.74) is 0.861. The largest absolute Gasteiger partial charge is 0.324 e. The molecule has 4 nitrogen and oxygen atoms in total. The van der Waals surface area contributed by atoms with E-state index in [1.54, 1.807) is 9.80 Å². The molecule has 0 N–H and O–H groups in total. The van der Waals surface area contributed by atoms with Gasteiger partial charge < -0.3 is 9.69 Å². The van der Waals surface area contributed by atoms with Crippen LogP contribution < -0.4 is 4.90 Å². The Hall–Kier alpha value is -1.36. The van der Waals surface area contributed by atoms with Crippen molar-refractivity contribution in [2.75, 3.05) is 24.5 Å². The molecule has 1 saturated heterocycles. The fourth-order valence-corrected chi connectivity index (χ4v) is 2.31. The lowest BCUT2D eigenvalue weighted by Gasteiger charge is -2.34. The molecule has 0 bridgehead atoms. The molecule has 0 saturated carbocycles. The van der Waals surface area contributed by atoms with Crippen LogP contribution in [0.1, 0.15) is 6.42 Å². The van der Waals surface area contributed by atoms with Crippen LogP contribution in [-0.4, -0.2) is 36.9 Å². The zero-order valence-electron chi connectivity index (χ0n) is 9.30. The summed E-state index contributed by atoms with van der Waals surface area (Å²) in [6.07, 6.45) is 1.65. The Morgan fingerprint density at radius 3 is 2.88 bits per heavy atom. The lowest BCUT2D eigenvalue weighted by atomic mass is 10.2. The summed E-state index contributed by atoms with van der Waals surface area (Å²) < 4.78 is 0.940. The minimum atomic E-state index is -0.0959. The number of halogens is 1. The number of hydrogen-bond acceptors (Lipinski definition) is 2. The monoisotopic (exact) mass is 296 g/mol. The van der Waals surface area contributed by atoms with Gasteiger partial charge in [-0.3, -0.25) is 4.90 Å². The van der Waals surface area contributed by atoms with Gasteiger partial charge in [0.05, 0.1) is 6.54 Å². The van der Waals surface area contributed by atoms with Crippen molar-refractivity contribution in [2.24, 2.45) is 0 Å². The van der Waals surface area contributed by atoms with E-state index in [4.69, 9.17) is 0 Å². The molecule has 1 fully saturated rings. The van der Waals surface area contributed by atoms with E-state index in [1.807, 2.05) is 24.3 Å². The van der Waals surface area contributed by atoms with Crippen molar-refractivity contribution in [1.82, 2.24) is 4.90 Å². The van der Waals surface area contributed by atoms with Crippen LogP contribution in [0.4, 0.5) is 10.5 Å². The average molecular weight is 297 g/mol. The average Bonchev–Trinajstić information content (AvgIpc) is 2.32. The number of urea groups is 1. The fraction of sp³-hybridized carbons (Fsp3) is 0.333. The highest BCUT2D eigenvalue weighted by atomic mass is 79.9. The van der Waals surface area contributed by atoms with Gasteiger partial charge >= 0.3 is 6.03 Å². The third-order valence-electron chi connectivity index (χ3n) is 2.73. The Morgan fingerprint density at radius 1 is 1.35 bits per heavy atom. The molecule has 90 valence electrons. The number of hydrogen-bond donors (Lipinski definition) is 0. The normalized spacial score (nSPS) is 16.2. The molecule has 0 aliphatic carbocycles. The van der Waals surface area contributed by atoms with Crippen molar-refractivity contribution >= 4 is 33.9 Å². The van der Waals surface area contributed by atoms with Crippen molar-refractivity contribution in [1.29, 1.82) is 0 Å². The molecule has 0 spiro atoms. The molecular weight excluding hydrogens is 284 g/mol. The minimum absolute atomic E-state index is 0.0959. The maximum Gasteiger partial charge on any atom is 0.324 e. The Labute approximate surface area is 108 Å². The molecule has 17 heavy (non-hydrogen) atoms. The molecule has 0 radical (unpaired) electrons. The van der Waals surface area contributed by atoms with Crippen molar-refractivity contribution in [3.05, 3.63) is 28.7 Å². The second-order valence-corrected chi connectivity index (χ2v) is 4.80. The maximum atomic E-state index is 12.1. The van der Waals surface area contributed by atoms with E-state index in [0.717, 1.165) is 22.9 Å². The number of carbonyl (C=O) groups is 2. The molecule has 1 aliphatic rings. The first-order chi connectivity index (χ1) is 8.22. The van der Waals surface area contributed by atoms with Crippen molar-refractivity contribution in [3.63, 3.8) is 0 Å². The molecule has 2 amide bonds. The SMILES string of the molecule is O=CCN1CCCN(c2cccc(Br)c2)C1=O. The molecule has 1 aliphatic heterocycles. The maximum absolute atomic E-state index is 12.1. The van der Waals surface area contributed by atoms with Gasteiger partial charge in [-0.2, -0.15) is 0 Å². The molecule has 0 atom stereocenters. The number of benzene rings is 1. The number of carbonyl (C=O) groups excluding carboxylic acids is 2. The third-order valence-corrected chi connectivity index (χ3v) is 3.22. The van der Waals surface area contributed by atoms with Gasteiger partial charge in [-0.15, -0.1) is 0 Å². The lowest BCUT2D eigenvalue weighted by molar-refractivity contribution is -0.108. The number of amides is 2. The first-order valence-electron chi connectivity index (χ1n) is 5.48. The van der Waals surface area contributed by atoms with Gasteiger partial charge in [0.15, 0.2) is 0 Å². The molecule has 1 aromatic rings. The standard InChI is InChI=1S/C12H13BrN2O2/c13-10-3-1-4-11(9-10)15-6-2-5-14(7-8-16)12(15)17/h1,3-4,8-9H,2,5-7H2. The predicted octanol–water partition coefficient (Wildman–Crippen LogP) is 2.28. The van der Waals surface area contributed by atoms with Crippen LogP contribution in [0.5, 0.6) is 0 Å². The van der Waals surface area contributed by atoms with Crippen LogP contribution in [0.25, 0.3) is 0 Å². The molecule has 2 rings (SSSR count). The third kappa shape index (κ3) is 2.66. The van der Waals surface area contributed by atoms with Crippen molar-refractivity contribution < 1.29 is 9.59 Å². The molecule has 1 aromatic carbocycles. The van der Waals surface area contributed by atoms with Crippen LogP contribution in [0.3, 0.4) is 0 Å². The summed E-state index contributed by atoms with van der Waals surface area (Å²) in [5.74, 6) is 0. The van der Waals surface area contributed by atoms with Gasteiger partial charge in [0.1, 0.15) is 6.29 Å². The van der Waals surface area contributed by atoms with E-state index < -0.39 is 0 Å². The number of nitrogens with zero attached hydrogens (tertiary/aromatic N) is 2. The first kappa shape index (κ1) is 12.1. The second kappa shape index (κ2) is 5.31. The van der Waals surface area contributed by atoms with Crippen LogP contribution in [0, 0.1) is 0 Å². The molecule has 1 heterocycles. The Bertz CT molecular complexity index is 436. The predicted molar refractivity (Wildman–Crippen MR) is 69.1 cm³/mol. The van der Waals surface area contributed by atoms with Gasteiger partial charge in [-0.25, -0.2) is 4.79 Å². The summed E-state index contributed by atoms with van der Waals surface area (Å²) in [6.45, 7) is 1.52. The van der Waals surface area contributed by atoms with E-state index in [1.165, 1.54) is 0 Å². The molecular formula is C12H13BrN2O2. The summed E-state index contributed by atoms with van der Waals surface area (Å²) in [7, 11) is 0. The molecule has 5 heteroatoms. The zero-order chi connectivity index (χ0) is 12.3. The van der Waals surface area contributed by atoms with Gasteiger partial charge in [0.2, 0.25) is 0 Å². The van der Waals surface area contributed by atoms with Crippen molar-refractivity contribution in [3.8, 4) is 0 Å². The summed E-state index contributed by atoms with van der Waals surface area (Å²) in [5, 5.41) is 0. The smallest absolute Gasteiger partial charge is 0.317 e. The van der Waals surface area contributed by atoms with E-state index in [0.29, 0.717) is 13.1 Å². The Kier molecular flexibility index (Phi) is 3.78. The summed E-state index contributed by atoms with van der Waals surface area (Å²) in [6, 6.07) is 7.52. The number of anilines is 1. The van der Waals surface area contributed by atoms with E-state index in [9.17, 15) is 9.59 Å². The van der Waals surface area contributed by atoms with E-state index in [2.05, 4.69) is 15.9 Å².